The van der Waals surface area contributed by atoms with Gasteiger partial charge in [0.15, 0.2) is 11.6 Å². The standard InChI is InChI=1S/C9H14O2/c1-6(7(2)10)8(11)9(3,4)5/h1H2,2-5H3. The van der Waals surface area contributed by atoms with E-state index in [1.165, 1.54) is 6.92 Å². The summed E-state index contributed by atoms with van der Waals surface area (Å²) >= 11 is 0. The maximum absolute atomic E-state index is 11.3. The zero-order valence-electron chi connectivity index (χ0n) is 7.52. The molecule has 11 heavy (non-hydrogen) atoms. The molecule has 2 heteroatoms. The van der Waals surface area contributed by atoms with Gasteiger partial charge < -0.3 is 0 Å². The van der Waals surface area contributed by atoms with Crippen molar-refractivity contribution >= 4 is 11.6 Å². The third-order valence-electron chi connectivity index (χ3n) is 1.38. The average Bonchev–Trinajstić information content (AvgIpc) is 1.82. The van der Waals surface area contributed by atoms with Crippen molar-refractivity contribution in [2.24, 2.45) is 5.41 Å². The van der Waals surface area contributed by atoms with Gasteiger partial charge in [0.1, 0.15) is 0 Å². The number of allylic oxidation sites excluding steroid dienone is 1. The van der Waals surface area contributed by atoms with Crippen LogP contribution >= 0.6 is 0 Å². The molecular formula is C9H14O2. The van der Waals surface area contributed by atoms with E-state index in [9.17, 15) is 9.59 Å². The van der Waals surface area contributed by atoms with Gasteiger partial charge in [-0.25, -0.2) is 0 Å². The van der Waals surface area contributed by atoms with Crippen molar-refractivity contribution in [1.82, 2.24) is 0 Å². The van der Waals surface area contributed by atoms with E-state index in [1.807, 2.05) is 0 Å². The molecule has 0 heterocycles. The molecule has 0 aliphatic carbocycles. The largest absolute Gasteiger partial charge is 0.294 e. The summed E-state index contributed by atoms with van der Waals surface area (Å²) in [6.45, 7) is 10.1. The monoisotopic (exact) mass is 154 g/mol. The fourth-order valence-corrected chi connectivity index (χ4v) is 0.613. The molecule has 62 valence electrons. The highest BCUT2D eigenvalue weighted by molar-refractivity contribution is 6.20. The molecule has 2 nitrogen and oxygen atoms in total. The number of Topliss-reactive ketones (excluding diaryl/α,β-unsaturated/α-hetero) is 2. The summed E-state index contributed by atoms with van der Waals surface area (Å²) in [5, 5.41) is 0. The Morgan fingerprint density at radius 1 is 1.18 bits per heavy atom. The van der Waals surface area contributed by atoms with Crippen LogP contribution in [0.2, 0.25) is 0 Å². The molecule has 0 amide bonds. The minimum absolute atomic E-state index is 0.0949. The first-order chi connectivity index (χ1) is 4.76. The Bertz CT molecular complexity index is 206. The topological polar surface area (TPSA) is 34.1 Å². The third-order valence-corrected chi connectivity index (χ3v) is 1.38. The summed E-state index contributed by atoms with van der Waals surface area (Å²) in [4.78, 5) is 22.0. The van der Waals surface area contributed by atoms with Gasteiger partial charge in [0.2, 0.25) is 0 Å². The van der Waals surface area contributed by atoms with Gasteiger partial charge in [-0.05, 0) is 6.92 Å². The van der Waals surface area contributed by atoms with E-state index in [2.05, 4.69) is 6.58 Å². The minimum atomic E-state index is -0.497. The van der Waals surface area contributed by atoms with E-state index < -0.39 is 5.41 Å². The maximum atomic E-state index is 11.3. The number of hydrogen-bond acceptors (Lipinski definition) is 2. The van der Waals surface area contributed by atoms with Crippen LogP contribution in [-0.4, -0.2) is 11.6 Å². The summed E-state index contributed by atoms with van der Waals surface area (Å²) in [7, 11) is 0. The molecule has 0 saturated carbocycles. The van der Waals surface area contributed by atoms with Crippen LogP contribution in [0, 0.1) is 5.41 Å². The lowest BCUT2D eigenvalue weighted by Crippen LogP contribution is -2.24. The van der Waals surface area contributed by atoms with E-state index >= 15 is 0 Å². The highest BCUT2D eigenvalue weighted by Crippen LogP contribution is 2.18. The fourth-order valence-electron chi connectivity index (χ4n) is 0.613. The molecule has 0 atom stereocenters. The lowest BCUT2D eigenvalue weighted by Gasteiger charge is -2.16. The van der Waals surface area contributed by atoms with Crippen LogP contribution in [0.3, 0.4) is 0 Å². The van der Waals surface area contributed by atoms with Gasteiger partial charge in [0.05, 0.1) is 5.57 Å². The van der Waals surface area contributed by atoms with E-state index in [0.717, 1.165) is 0 Å². The molecule has 0 aliphatic heterocycles. The molecular weight excluding hydrogens is 140 g/mol. The highest BCUT2D eigenvalue weighted by atomic mass is 16.1. The first kappa shape index (κ1) is 10.1. The van der Waals surface area contributed by atoms with Crippen molar-refractivity contribution in [3.63, 3.8) is 0 Å². The summed E-state index contributed by atoms with van der Waals surface area (Å²) in [6, 6.07) is 0. The summed E-state index contributed by atoms with van der Waals surface area (Å²) in [6.07, 6.45) is 0. The molecule has 0 bridgehead atoms. The van der Waals surface area contributed by atoms with E-state index in [0.29, 0.717) is 0 Å². The number of ketones is 2. The molecule has 0 unspecified atom stereocenters. The van der Waals surface area contributed by atoms with Gasteiger partial charge in [-0.2, -0.15) is 0 Å². The van der Waals surface area contributed by atoms with Crippen LogP contribution in [-0.2, 0) is 9.59 Å². The van der Waals surface area contributed by atoms with E-state index in [4.69, 9.17) is 0 Å². The summed E-state index contributed by atoms with van der Waals surface area (Å²) in [5.74, 6) is -0.421. The molecule has 0 aromatic rings. The lowest BCUT2D eigenvalue weighted by molar-refractivity contribution is -0.125. The Morgan fingerprint density at radius 2 is 1.55 bits per heavy atom. The fraction of sp³-hybridized carbons (Fsp3) is 0.556. The van der Waals surface area contributed by atoms with Crippen LogP contribution in [0.4, 0.5) is 0 Å². The smallest absolute Gasteiger partial charge is 0.171 e. The minimum Gasteiger partial charge on any atom is -0.294 e. The number of carbonyl (C=O) groups is 2. The summed E-state index contributed by atoms with van der Waals surface area (Å²) < 4.78 is 0. The van der Waals surface area contributed by atoms with Crippen LogP contribution in [0.1, 0.15) is 27.7 Å². The van der Waals surface area contributed by atoms with Crippen LogP contribution in [0.25, 0.3) is 0 Å². The first-order valence-corrected chi connectivity index (χ1v) is 3.51. The highest BCUT2D eigenvalue weighted by Gasteiger charge is 2.25. The second kappa shape index (κ2) is 2.99. The zero-order chi connectivity index (χ0) is 9.23. The van der Waals surface area contributed by atoms with Gasteiger partial charge in [-0.15, -0.1) is 0 Å². The van der Waals surface area contributed by atoms with Crippen LogP contribution in [0.5, 0.6) is 0 Å². The predicted octanol–water partition coefficient (Wildman–Crippen LogP) is 1.75. The molecule has 0 aromatic heterocycles. The van der Waals surface area contributed by atoms with Gasteiger partial charge in [0.25, 0.3) is 0 Å². The number of rotatable bonds is 2. The molecule has 0 aromatic carbocycles. The van der Waals surface area contributed by atoms with Crippen molar-refractivity contribution in [3.8, 4) is 0 Å². The molecule has 0 saturated heterocycles. The SMILES string of the molecule is C=C(C(C)=O)C(=O)C(C)(C)C. The van der Waals surface area contributed by atoms with Gasteiger partial charge in [-0.1, -0.05) is 27.4 Å². The van der Waals surface area contributed by atoms with E-state index in [1.54, 1.807) is 20.8 Å². The van der Waals surface area contributed by atoms with Crippen LogP contribution < -0.4 is 0 Å². The second-order valence-electron chi connectivity index (χ2n) is 3.61. The lowest BCUT2D eigenvalue weighted by atomic mass is 9.86. The number of hydrogen-bond donors (Lipinski definition) is 0. The van der Waals surface area contributed by atoms with Gasteiger partial charge in [0, 0.05) is 5.41 Å². The molecule has 0 rings (SSSR count). The van der Waals surface area contributed by atoms with Crippen molar-refractivity contribution in [3.05, 3.63) is 12.2 Å². The Balaban J connectivity index is 4.53. The van der Waals surface area contributed by atoms with Crippen molar-refractivity contribution in [1.29, 1.82) is 0 Å². The van der Waals surface area contributed by atoms with Gasteiger partial charge in [-0.3, -0.25) is 9.59 Å². The normalized spacial score (nSPS) is 10.9. The van der Waals surface area contributed by atoms with Gasteiger partial charge >= 0.3 is 0 Å². The maximum Gasteiger partial charge on any atom is 0.171 e. The Kier molecular flexibility index (Phi) is 2.74. The summed E-state index contributed by atoms with van der Waals surface area (Å²) in [5.41, 5.74) is -0.402. The van der Waals surface area contributed by atoms with E-state index in [-0.39, 0.29) is 17.1 Å². The molecule has 0 radical (unpaired) electrons. The molecule has 0 spiro atoms. The molecule has 0 N–H and O–H groups in total. The first-order valence-electron chi connectivity index (χ1n) is 3.51. The molecule has 0 aliphatic rings. The van der Waals surface area contributed by atoms with Crippen molar-refractivity contribution in [2.45, 2.75) is 27.7 Å². The Hall–Kier alpha value is -0.920. The average molecular weight is 154 g/mol. The quantitative estimate of drug-likeness (QED) is 0.345. The molecule has 0 fully saturated rings. The predicted molar refractivity (Wildman–Crippen MR) is 44.3 cm³/mol. The Morgan fingerprint density at radius 3 is 1.64 bits per heavy atom. The van der Waals surface area contributed by atoms with Crippen molar-refractivity contribution < 1.29 is 9.59 Å². The third kappa shape index (κ3) is 2.66. The second-order valence-corrected chi connectivity index (χ2v) is 3.61. The number of carbonyl (C=O) groups excluding carboxylic acids is 2. The Labute approximate surface area is 67.3 Å². The zero-order valence-corrected chi connectivity index (χ0v) is 7.52. The van der Waals surface area contributed by atoms with Crippen LogP contribution in [0.15, 0.2) is 12.2 Å². The van der Waals surface area contributed by atoms with Crippen molar-refractivity contribution in [2.75, 3.05) is 0 Å².